The molecule has 2 amide bonds. The summed E-state index contributed by atoms with van der Waals surface area (Å²) in [5.74, 6) is -0.624. The van der Waals surface area contributed by atoms with Crippen LogP contribution in [0.2, 0.25) is 0 Å². The SMILES string of the molecule is N#CCC1(n2cc(C(N)=O)c(NC(=O)C3CC3)n2)CCN(Cc2cccc(NSc3ccccc3)c2)CC1. The average Bonchev–Trinajstić information content (AvgIpc) is 3.69. The van der Waals surface area contributed by atoms with Crippen LogP contribution in [-0.2, 0) is 16.9 Å². The van der Waals surface area contributed by atoms with Crippen LogP contribution in [0.5, 0.6) is 0 Å². The second-order valence-corrected chi connectivity index (χ2v) is 10.9. The van der Waals surface area contributed by atoms with Gasteiger partial charge in [0.1, 0.15) is 5.56 Å². The Hall–Kier alpha value is -3.81. The van der Waals surface area contributed by atoms with Crippen LogP contribution in [0, 0.1) is 17.2 Å². The summed E-state index contributed by atoms with van der Waals surface area (Å²) in [5.41, 5.74) is 7.46. The normalized spacial score (nSPS) is 16.9. The van der Waals surface area contributed by atoms with Crippen LogP contribution < -0.4 is 15.8 Å². The Bertz CT molecular complexity index is 1340. The molecule has 4 N–H and O–H groups in total. The highest BCUT2D eigenvalue weighted by Gasteiger charge is 2.39. The third-order valence-electron chi connectivity index (χ3n) is 7.21. The van der Waals surface area contributed by atoms with Crippen molar-refractivity contribution in [3.8, 4) is 6.07 Å². The number of piperidine rings is 1. The molecular formula is C28H31N7O2S. The number of benzene rings is 2. The summed E-state index contributed by atoms with van der Waals surface area (Å²) in [6.45, 7) is 2.34. The van der Waals surface area contributed by atoms with Gasteiger partial charge >= 0.3 is 0 Å². The van der Waals surface area contributed by atoms with Crippen molar-refractivity contribution in [1.29, 1.82) is 5.26 Å². The van der Waals surface area contributed by atoms with E-state index < -0.39 is 11.4 Å². The highest BCUT2D eigenvalue weighted by molar-refractivity contribution is 8.00. The van der Waals surface area contributed by atoms with Crippen LogP contribution in [0.4, 0.5) is 11.5 Å². The Morgan fingerprint density at radius 3 is 2.58 bits per heavy atom. The number of nitriles is 1. The van der Waals surface area contributed by atoms with E-state index in [2.05, 4.69) is 62.5 Å². The molecule has 5 rings (SSSR count). The van der Waals surface area contributed by atoms with E-state index in [1.54, 1.807) is 22.8 Å². The fourth-order valence-electron chi connectivity index (χ4n) is 4.81. The summed E-state index contributed by atoms with van der Waals surface area (Å²) < 4.78 is 5.11. The summed E-state index contributed by atoms with van der Waals surface area (Å²) in [5, 5.41) is 17.0. The van der Waals surface area contributed by atoms with Crippen LogP contribution in [0.25, 0.3) is 0 Å². The van der Waals surface area contributed by atoms with Gasteiger partial charge in [-0.25, -0.2) is 0 Å². The van der Waals surface area contributed by atoms with Gasteiger partial charge in [-0.2, -0.15) is 10.4 Å². The number of carbonyl (C=O) groups excluding carboxylic acids is 2. The number of likely N-dealkylation sites (tertiary alicyclic amines) is 1. The molecule has 9 nitrogen and oxygen atoms in total. The van der Waals surface area contributed by atoms with Crippen molar-refractivity contribution < 1.29 is 9.59 Å². The van der Waals surface area contributed by atoms with E-state index in [1.165, 1.54) is 5.56 Å². The second-order valence-electron chi connectivity index (χ2n) is 10.0. The van der Waals surface area contributed by atoms with Crippen LogP contribution in [-0.4, -0.2) is 39.6 Å². The van der Waals surface area contributed by atoms with E-state index >= 15 is 0 Å². The molecule has 2 aliphatic rings. The van der Waals surface area contributed by atoms with Crippen molar-refractivity contribution in [2.24, 2.45) is 11.7 Å². The summed E-state index contributed by atoms with van der Waals surface area (Å²) in [6.07, 6.45) is 4.93. The predicted molar refractivity (Wildman–Crippen MR) is 147 cm³/mol. The topological polar surface area (TPSA) is 129 Å². The van der Waals surface area contributed by atoms with Gasteiger partial charge in [0.25, 0.3) is 5.91 Å². The summed E-state index contributed by atoms with van der Waals surface area (Å²) >= 11 is 1.58. The minimum Gasteiger partial charge on any atom is -0.365 e. The minimum absolute atomic E-state index is 0.0252. The van der Waals surface area contributed by atoms with Gasteiger partial charge in [-0.1, -0.05) is 30.3 Å². The van der Waals surface area contributed by atoms with Crippen molar-refractivity contribution in [2.45, 2.75) is 49.1 Å². The highest BCUT2D eigenvalue weighted by Crippen LogP contribution is 2.36. The smallest absolute Gasteiger partial charge is 0.254 e. The number of amides is 2. The Balaban J connectivity index is 1.24. The molecule has 10 heteroatoms. The molecule has 1 aliphatic carbocycles. The largest absolute Gasteiger partial charge is 0.365 e. The van der Waals surface area contributed by atoms with Gasteiger partial charge in [0.05, 0.1) is 18.0 Å². The lowest BCUT2D eigenvalue weighted by Gasteiger charge is -2.40. The van der Waals surface area contributed by atoms with E-state index in [-0.39, 0.29) is 29.6 Å². The lowest BCUT2D eigenvalue weighted by Crippen LogP contribution is -2.46. The molecule has 2 heterocycles. The number of nitrogens with two attached hydrogens (primary N) is 1. The maximum absolute atomic E-state index is 12.3. The molecule has 0 unspecified atom stereocenters. The van der Waals surface area contributed by atoms with Crippen LogP contribution in [0.15, 0.2) is 65.7 Å². The summed E-state index contributed by atoms with van der Waals surface area (Å²) in [6, 6.07) is 20.9. The number of anilines is 2. The average molecular weight is 530 g/mol. The first-order chi connectivity index (χ1) is 18.5. The fraction of sp³-hybridized carbons (Fsp3) is 0.357. The first-order valence-electron chi connectivity index (χ1n) is 12.8. The molecule has 2 fully saturated rings. The first-order valence-corrected chi connectivity index (χ1v) is 13.6. The van der Waals surface area contributed by atoms with E-state index in [1.807, 2.05) is 18.2 Å². The molecule has 0 radical (unpaired) electrons. The first kappa shape index (κ1) is 25.8. The zero-order valence-electron chi connectivity index (χ0n) is 21.1. The lowest BCUT2D eigenvalue weighted by atomic mass is 9.84. The molecule has 196 valence electrons. The second kappa shape index (κ2) is 11.3. The summed E-state index contributed by atoms with van der Waals surface area (Å²) in [7, 11) is 0. The summed E-state index contributed by atoms with van der Waals surface area (Å²) in [4.78, 5) is 27.9. The molecule has 1 aliphatic heterocycles. The molecular weight excluding hydrogens is 498 g/mol. The number of carbonyl (C=O) groups is 2. The molecule has 2 aromatic carbocycles. The molecule has 0 spiro atoms. The third kappa shape index (κ3) is 6.01. The Morgan fingerprint density at radius 1 is 1.13 bits per heavy atom. The molecule has 1 saturated heterocycles. The fourth-order valence-corrected chi connectivity index (χ4v) is 5.47. The van der Waals surface area contributed by atoms with Crippen LogP contribution >= 0.6 is 11.9 Å². The quantitative estimate of drug-likeness (QED) is 0.333. The van der Waals surface area contributed by atoms with Gasteiger partial charge in [-0.3, -0.25) is 19.2 Å². The molecule has 3 aromatic rings. The standard InChI is InChI=1S/C28H31N7O2S/c29-14-11-28(35-19-24(25(30)36)26(32-35)31-27(37)21-9-10-21)12-15-34(16-13-28)18-20-5-4-6-22(17-20)33-38-23-7-2-1-3-8-23/h1-8,17,19,21,33H,9-13,15-16,18H2,(H2,30,36)(H,31,32,37). The lowest BCUT2D eigenvalue weighted by molar-refractivity contribution is -0.117. The van der Waals surface area contributed by atoms with Crippen molar-refractivity contribution in [2.75, 3.05) is 23.1 Å². The number of rotatable bonds is 10. The zero-order valence-corrected chi connectivity index (χ0v) is 21.9. The molecule has 38 heavy (non-hydrogen) atoms. The van der Waals surface area contributed by atoms with E-state index in [4.69, 9.17) is 5.73 Å². The van der Waals surface area contributed by atoms with E-state index in [0.29, 0.717) is 12.8 Å². The molecule has 1 saturated carbocycles. The van der Waals surface area contributed by atoms with E-state index in [0.717, 1.165) is 43.1 Å². The van der Waals surface area contributed by atoms with Gasteiger partial charge in [0.2, 0.25) is 5.91 Å². The number of hydrogen-bond acceptors (Lipinski definition) is 7. The van der Waals surface area contributed by atoms with Crippen molar-refractivity contribution >= 4 is 35.3 Å². The number of aromatic nitrogens is 2. The Labute approximate surface area is 226 Å². The van der Waals surface area contributed by atoms with E-state index in [9.17, 15) is 14.9 Å². The van der Waals surface area contributed by atoms with Crippen molar-refractivity contribution in [3.63, 3.8) is 0 Å². The maximum Gasteiger partial charge on any atom is 0.254 e. The molecule has 1 aromatic heterocycles. The third-order valence-corrected chi connectivity index (χ3v) is 8.06. The van der Waals surface area contributed by atoms with Gasteiger partial charge in [-0.05, 0) is 67.5 Å². The number of primary amides is 1. The van der Waals surface area contributed by atoms with Crippen LogP contribution in [0.3, 0.4) is 0 Å². The highest BCUT2D eigenvalue weighted by atomic mass is 32.2. The maximum atomic E-state index is 12.3. The van der Waals surface area contributed by atoms with Gasteiger partial charge in [0.15, 0.2) is 5.82 Å². The minimum atomic E-state index is -0.647. The van der Waals surface area contributed by atoms with Gasteiger partial charge < -0.3 is 15.8 Å². The van der Waals surface area contributed by atoms with Gasteiger partial charge in [0, 0.05) is 42.3 Å². The Morgan fingerprint density at radius 2 is 1.89 bits per heavy atom. The number of nitrogens with one attached hydrogen (secondary N) is 2. The monoisotopic (exact) mass is 529 g/mol. The Kier molecular flexibility index (Phi) is 7.67. The predicted octanol–water partition coefficient (Wildman–Crippen LogP) is 4.35. The number of hydrogen-bond donors (Lipinski definition) is 3. The number of nitrogens with zero attached hydrogens (tertiary/aromatic N) is 4. The van der Waals surface area contributed by atoms with Crippen LogP contribution in [0.1, 0.15) is 48.0 Å². The van der Waals surface area contributed by atoms with Crippen molar-refractivity contribution in [1.82, 2.24) is 14.7 Å². The molecule has 0 atom stereocenters. The van der Waals surface area contributed by atoms with Crippen molar-refractivity contribution in [3.05, 3.63) is 71.9 Å². The molecule has 0 bridgehead atoms. The van der Waals surface area contributed by atoms with Gasteiger partial charge in [-0.15, -0.1) is 0 Å². The zero-order chi connectivity index (χ0) is 26.5.